The number of nitrogens with one attached hydrogen (secondary N) is 1. The van der Waals surface area contributed by atoms with Crippen LogP contribution in [0, 0.1) is 24.7 Å². The Kier molecular flexibility index (Phi) is 8.11. The van der Waals surface area contributed by atoms with Crippen LogP contribution >= 0.6 is 0 Å². The fourth-order valence-corrected chi connectivity index (χ4v) is 6.27. The van der Waals surface area contributed by atoms with E-state index in [0.717, 1.165) is 30.2 Å². The second kappa shape index (κ2) is 11.6. The van der Waals surface area contributed by atoms with Gasteiger partial charge in [-0.25, -0.2) is 9.78 Å². The lowest BCUT2D eigenvalue weighted by molar-refractivity contribution is -0.145. The van der Waals surface area contributed by atoms with Gasteiger partial charge in [0.15, 0.2) is 0 Å². The predicted molar refractivity (Wildman–Crippen MR) is 152 cm³/mol. The van der Waals surface area contributed by atoms with E-state index in [4.69, 9.17) is 14.2 Å². The van der Waals surface area contributed by atoms with Crippen molar-refractivity contribution in [3.05, 3.63) is 35.9 Å². The van der Waals surface area contributed by atoms with Crippen molar-refractivity contribution in [2.75, 3.05) is 27.3 Å². The number of ether oxygens (including phenoxy) is 3. The van der Waals surface area contributed by atoms with Gasteiger partial charge in [-0.05, 0) is 64.5 Å². The molecule has 3 aliphatic rings. The van der Waals surface area contributed by atoms with Crippen LogP contribution in [-0.4, -0.2) is 71.7 Å². The van der Waals surface area contributed by atoms with E-state index in [-0.39, 0.29) is 18.2 Å². The molecule has 5 atom stereocenters. The maximum absolute atomic E-state index is 13.7. The lowest BCUT2D eigenvalue weighted by atomic mass is 9.93. The zero-order valence-electron chi connectivity index (χ0n) is 24.1. The van der Waals surface area contributed by atoms with Gasteiger partial charge in [0, 0.05) is 36.5 Å². The van der Waals surface area contributed by atoms with E-state index < -0.39 is 35.4 Å². The number of amides is 2. The van der Waals surface area contributed by atoms with E-state index in [9.17, 15) is 19.5 Å². The number of aliphatic carboxylic acids is 1. The molecule has 41 heavy (non-hydrogen) atoms. The van der Waals surface area contributed by atoms with Gasteiger partial charge < -0.3 is 29.5 Å². The lowest BCUT2D eigenvalue weighted by Crippen LogP contribution is -2.49. The van der Waals surface area contributed by atoms with Crippen LogP contribution in [0.3, 0.4) is 0 Å². The SMILES string of the molecule is CCOc1cc(OC2CC3C(=O)NC4(C(=O)O)CC4/C=C\CCCCN(C)C(=O)C3C2)c2ccc(OC)c(C)c2n1. The number of carbonyl (C=O) groups excluding carboxylic acids is 2. The van der Waals surface area contributed by atoms with Crippen molar-refractivity contribution in [3.63, 3.8) is 0 Å². The molecule has 2 aromatic rings. The topological polar surface area (TPSA) is 127 Å². The van der Waals surface area contributed by atoms with Gasteiger partial charge >= 0.3 is 5.97 Å². The summed E-state index contributed by atoms with van der Waals surface area (Å²) in [6, 6.07) is 5.48. The Labute approximate surface area is 240 Å². The van der Waals surface area contributed by atoms with Crippen molar-refractivity contribution in [1.29, 1.82) is 0 Å². The maximum Gasteiger partial charge on any atom is 0.330 e. The zero-order valence-corrected chi connectivity index (χ0v) is 24.1. The van der Waals surface area contributed by atoms with Crippen molar-refractivity contribution in [2.45, 2.75) is 64.0 Å². The molecular weight excluding hydrogens is 526 g/mol. The molecule has 0 spiro atoms. The van der Waals surface area contributed by atoms with Crippen molar-refractivity contribution in [3.8, 4) is 17.4 Å². The molecule has 2 N–H and O–H groups in total. The maximum atomic E-state index is 13.7. The molecule has 1 aromatic carbocycles. The Morgan fingerprint density at radius 2 is 1.98 bits per heavy atom. The molecule has 2 amide bonds. The largest absolute Gasteiger partial charge is 0.496 e. The lowest BCUT2D eigenvalue weighted by Gasteiger charge is -2.26. The Morgan fingerprint density at radius 3 is 2.71 bits per heavy atom. The van der Waals surface area contributed by atoms with E-state index in [1.54, 1.807) is 25.1 Å². The molecule has 0 saturated heterocycles. The van der Waals surface area contributed by atoms with Crippen LogP contribution in [0.25, 0.3) is 10.9 Å². The number of carboxylic acid groups (broad SMARTS) is 1. The summed E-state index contributed by atoms with van der Waals surface area (Å²) in [6.45, 7) is 4.82. The van der Waals surface area contributed by atoms with Crippen LogP contribution in [-0.2, 0) is 14.4 Å². The number of hydrogen-bond acceptors (Lipinski definition) is 7. The summed E-state index contributed by atoms with van der Waals surface area (Å²) < 4.78 is 17.7. The standard InChI is InChI=1S/C31H39N3O7/c1-5-40-26-16-25(21-11-12-24(39-4)18(2)27(21)32-26)41-20-14-22-23(15-20)29(36)34(3)13-9-7-6-8-10-19-17-31(19,30(37)38)33-28(22)35/h8,10-12,16,19-20,22-23H,5-7,9,13-15,17H2,1-4H3,(H,33,35)(H,37,38)/b10-8-. The monoisotopic (exact) mass is 565 g/mol. The Hall–Kier alpha value is -3.82. The van der Waals surface area contributed by atoms with Gasteiger partial charge in [0.25, 0.3) is 0 Å². The summed E-state index contributed by atoms with van der Waals surface area (Å²) in [4.78, 5) is 45.9. The summed E-state index contributed by atoms with van der Waals surface area (Å²) in [7, 11) is 3.37. The molecule has 5 rings (SSSR count). The number of fused-ring (bicyclic) bond motifs is 3. The zero-order chi connectivity index (χ0) is 29.3. The third-order valence-electron chi connectivity index (χ3n) is 8.70. The minimum absolute atomic E-state index is 0.115. The second-order valence-electron chi connectivity index (χ2n) is 11.4. The molecule has 10 nitrogen and oxygen atoms in total. The Balaban J connectivity index is 1.46. The highest BCUT2D eigenvalue weighted by molar-refractivity contribution is 5.94. The molecular formula is C31H39N3O7. The molecule has 0 bridgehead atoms. The van der Waals surface area contributed by atoms with Crippen molar-refractivity contribution in [1.82, 2.24) is 15.2 Å². The number of allylic oxidation sites excluding steroid dienone is 1. The van der Waals surface area contributed by atoms with Gasteiger partial charge in [-0.15, -0.1) is 0 Å². The van der Waals surface area contributed by atoms with E-state index in [1.165, 1.54) is 0 Å². The summed E-state index contributed by atoms with van der Waals surface area (Å²) in [5.74, 6) is -1.49. The van der Waals surface area contributed by atoms with E-state index in [2.05, 4.69) is 10.3 Å². The average molecular weight is 566 g/mol. The van der Waals surface area contributed by atoms with Crippen LogP contribution in [0.1, 0.15) is 51.0 Å². The Bertz CT molecular complexity index is 1380. The number of methoxy groups -OCH3 is 1. The predicted octanol–water partition coefficient (Wildman–Crippen LogP) is 3.88. The van der Waals surface area contributed by atoms with E-state index >= 15 is 0 Å². The molecule has 220 valence electrons. The number of carboxylic acids is 1. The van der Waals surface area contributed by atoms with Crippen molar-refractivity contribution >= 4 is 28.7 Å². The average Bonchev–Trinajstić information content (AvgIpc) is 3.48. The normalized spacial score (nSPS) is 29.1. The first-order chi connectivity index (χ1) is 19.7. The summed E-state index contributed by atoms with van der Waals surface area (Å²) in [5.41, 5.74) is 0.214. The van der Waals surface area contributed by atoms with Crippen LogP contribution in [0.15, 0.2) is 30.4 Å². The number of pyridine rings is 1. The molecule has 2 aliphatic carbocycles. The number of rotatable bonds is 6. The first-order valence-corrected chi connectivity index (χ1v) is 14.4. The fourth-order valence-electron chi connectivity index (χ4n) is 6.27. The molecule has 0 radical (unpaired) electrons. The number of benzene rings is 1. The van der Waals surface area contributed by atoms with Gasteiger partial charge in [-0.2, -0.15) is 0 Å². The minimum atomic E-state index is -1.32. The van der Waals surface area contributed by atoms with Gasteiger partial charge in [0.05, 0.1) is 31.1 Å². The third-order valence-corrected chi connectivity index (χ3v) is 8.70. The number of carbonyl (C=O) groups is 3. The minimum Gasteiger partial charge on any atom is -0.496 e. The first kappa shape index (κ1) is 28.7. The first-order valence-electron chi connectivity index (χ1n) is 14.4. The van der Waals surface area contributed by atoms with E-state index in [0.29, 0.717) is 48.9 Å². The molecule has 2 heterocycles. The molecule has 10 heteroatoms. The summed E-state index contributed by atoms with van der Waals surface area (Å²) >= 11 is 0. The second-order valence-corrected chi connectivity index (χ2v) is 11.4. The van der Waals surface area contributed by atoms with Crippen LogP contribution in [0.5, 0.6) is 17.4 Å². The quantitative estimate of drug-likeness (QED) is 0.505. The third kappa shape index (κ3) is 5.56. The summed E-state index contributed by atoms with van der Waals surface area (Å²) in [6.07, 6.45) is 6.97. The van der Waals surface area contributed by atoms with Crippen LogP contribution in [0.2, 0.25) is 0 Å². The Morgan fingerprint density at radius 1 is 1.20 bits per heavy atom. The highest BCUT2D eigenvalue weighted by atomic mass is 16.5. The number of aromatic nitrogens is 1. The van der Waals surface area contributed by atoms with Gasteiger partial charge in [-0.1, -0.05) is 12.2 Å². The highest BCUT2D eigenvalue weighted by Gasteiger charge is 2.61. The van der Waals surface area contributed by atoms with Crippen LogP contribution < -0.4 is 19.5 Å². The molecule has 1 aromatic heterocycles. The molecule has 1 aliphatic heterocycles. The smallest absolute Gasteiger partial charge is 0.330 e. The molecule has 2 fully saturated rings. The van der Waals surface area contributed by atoms with Crippen molar-refractivity contribution in [2.24, 2.45) is 17.8 Å². The van der Waals surface area contributed by atoms with Gasteiger partial charge in [0.2, 0.25) is 17.7 Å². The van der Waals surface area contributed by atoms with Gasteiger partial charge in [-0.3, -0.25) is 9.59 Å². The molecule has 2 saturated carbocycles. The number of aryl methyl sites for hydroxylation is 1. The summed E-state index contributed by atoms with van der Waals surface area (Å²) in [5, 5.41) is 13.6. The fraction of sp³-hybridized carbons (Fsp3) is 0.548. The molecule has 5 unspecified atom stereocenters. The number of nitrogens with zero attached hydrogens (tertiary/aromatic N) is 2. The van der Waals surface area contributed by atoms with Crippen molar-refractivity contribution < 1.29 is 33.7 Å². The van der Waals surface area contributed by atoms with Crippen LogP contribution in [0.4, 0.5) is 0 Å². The highest BCUT2D eigenvalue weighted by Crippen LogP contribution is 2.47. The van der Waals surface area contributed by atoms with Gasteiger partial charge in [0.1, 0.15) is 23.1 Å². The van der Waals surface area contributed by atoms with E-state index in [1.807, 2.05) is 38.1 Å². The number of hydrogen-bond donors (Lipinski definition) is 2.